The van der Waals surface area contributed by atoms with E-state index in [1.807, 2.05) is 6.92 Å². The highest BCUT2D eigenvalue weighted by Crippen LogP contribution is 2.43. The van der Waals surface area contributed by atoms with Crippen LogP contribution in [0, 0.1) is 19.7 Å². The second kappa shape index (κ2) is 8.20. The van der Waals surface area contributed by atoms with E-state index < -0.39 is 39.7 Å². The fourth-order valence-corrected chi connectivity index (χ4v) is 5.36. The summed E-state index contributed by atoms with van der Waals surface area (Å²) in [5, 5.41) is 0. The van der Waals surface area contributed by atoms with Crippen LogP contribution in [0.25, 0.3) is 0 Å². The predicted molar refractivity (Wildman–Crippen MR) is 118 cm³/mol. The van der Waals surface area contributed by atoms with Crippen LogP contribution in [-0.2, 0) is 14.3 Å². The van der Waals surface area contributed by atoms with E-state index in [1.165, 1.54) is 30.0 Å². The molecule has 0 spiro atoms. The Hall–Kier alpha value is -2.72. The van der Waals surface area contributed by atoms with Crippen molar-refractivity contribution in [2.75, 3.05) is 19.8 Å². The SMILES string of the molecule is Cc1ccc(S(=O)(=O)O[C@@H]2C[C@@H]3COc4cc(C)c(F)c(OCC5(F)CC5)c4C(=O)N3C2)cc1. The molecule has 2 aromatic carbocycles. The number of alkyl halides is 1. The number of fused-ring (bicyclic) bond motifs is 2. The first-order chi connectivity index (χ1) is 16.1. The number of rotatable bonds is 6. The van der Waals surface area contributed by atoms with Crippen LogP contribution in [0.2, 0.25) is 0 Å². The molecule has 0 N–H and O–H groups in total. The summed E-state index contributed by atoms with van der Waals surface area (Å²) >= 11 is 0. The van der Waals surface area contributed by atoms with Gasteiger partial charge in [0.05, 0.1) is 17.0 Å². The van der Waals surface area contributed by atoms with Crippen LogP contribution in [0.3, 0.4) is 0 Å². The summed E-state index contributed by atoms with van der Waals surface area (Å²) < 4.78 is 71.3. The maximum atomic E-state index is 15.0. The summed E-state index contributed by atoms with van der Waals surface area (Å²) in [5.41, 5.74) is -0.484. The number of aryl methyl sites for hydroxylation is 2. The molecule has 2 aliphatic heterocycles. The van der Waals surface area contributed by atoms with Crippen molar-refractivity contribution in [3.8, 4) is 11.5 Å². The average molecular weight is 494 g/mol. The number of halogens is 2. The molecule has 2 atom stereocenters. The van der Waals surface area contributed by atoms with E-state index in [0.717, 1.165) is 5.56 Å². The summed E-state index contributed by atoms with van der Waals surface area (Å²) in [6.07, 6.45) is 0.104. The van der Waals surface area contributed by atoms with Gasteiger partial charge in [-0.3, -0.25) is 8.98 Å². The van der Waals surface area contributed by atoms with Crippen LogP contribution in [-0.4, -0.2) is 56.8 Å². The van der Waals surface area contributed by atoms with Crippen LogP contribution >= 0.6 is 0 Å². The second-order valence-electron chi connectivity index (χ2n) is 9.29. The third kappa shape index (κ3) is 4.24. The number of carbonyl (C=O) groups is 1. The lowest BCUT2D eigenvalue weighted by Gasteiger charge is -2.21. The van der Waals surface area contributed by atoms with Gasteiger partial charge in [0.1, 0.15) is 30.2 Å². The van der Waals surface area contributed by atoms with Crippen molar-refractivity contribution in [3.63, 3.8) is 0 Å². The van der Waals surface area contributed by atoms with Crippen molar-refractivity contribution in [3.05, 3.63) is 52.8 Å². The van der Waals surface area contributed by atoms with E-state index in [9.17, 15) is 22.0 Å². The van der Waals surface area contributed by atoms with Gasteiger partial charge in [0.15, 0.2) is 11.6 Å². The number of benzene rings is 2. The van der Waals surface area contributed by atoms with Gasteiger partial charge >= 0.3 is 0 Å². The number of hydrogen-bond acceptors (Lipinski definition) is 6. The van der Waals surface area contributed by atoms with Crippen LogP contribution < -0.4 is 9.47 Å². The van der Waals surface area contributed by atoms with Crippen LogP contribution in [0.15, 0.2) is 35.2 Å². The predicted octanol–water partition coefficient (Wildman–Crippen LogP) is 3.70. The van der Waals surface area contributed by atoms with Crippen LogP contribution in [0.5, 0.6) is 11.5 Å². The van der Waals surface area contributed by atoms with E-state index in [-0.39, 0.29) is 53.7 Å². The highest BCUT2D eigenvalue weighted by Gasteiger charge is 2.46. The lowest BCUT2D eigenvalue weighted by atomic mass is 10.1. The molecule has 2 fully saturated rings. The minimum atomic E-state index is -4.03. The molecule has 5 rings (SSSR count). The molecule has 7 nitrogen and oxygen atoms in total. The maximum Gasteiger partial charge on any atom is 0.297 e. The number of carbonyl (C=O) groups excluding carboxylic acids is 1. The van der Waals surface area contributed by atoms with E-state index in [1.54, 1.807) is 12.1 Å². The van der Waals surface area contributed by atoms with Crippen molar-refractivity contribution in [2.45, 2.75) is 55.8 Å². The highest BCUT2D eigenvalue weighted by atomic mass is 32.2. The molecule has 182 valence electrons. The molecular formula is C24H25F2NO6S. The fourth-order valence-electron chi connectivity index (χ4n) is 4.29. The van der Waals surface area contributed by atoms with Gasteiger partial charge < -0.3 is 14.4 Å². The third-order valence-corrected chi connectivity index (χ3v) is 7.86. The molecule has 0 unspecified atom stereocenters. The third-order valence-electron chi connectivity index (χ3n) is 6.49. The van der Waals surface area contributed by atoms with Gasteiger partial charge in [0.25, 0.3) is 16.0 Å². The molecule has 0 bridgehead atoms. The summed E-state index contributed by atoms with van der Waals surface area (Å²) in [6.45, 7) is 3.08. The molecule has 1 amide bonds. The first-order valence-electron chi connectivity index (χ1n) is 11.1. The van der Waals surface area contributed by atoms with Crippen molar-refractivity contribution in [2.24, 2.45) is 0 Å². The fraction of sp³-hybridized carbons (Fsp3) is 0.458. The Labute approximate surface area is 196 Å². The number of hydrogen-bond donors (Lipinski definition) is 0. The Morgan fingerprint density at radius 2 is 1.91 bits per heavy atom. The molecule has 2 heterocycles. The highest BCUT2D eigenvalue weighted by molar-refractivity contribution is 7.86. The lowest BCUT2D eigenvalue weighted by Crippen LogP contribution is -2.37. The summed E-state index contributed by atoms with van der Waals surface area (Å²) in [4.78, 5) is 14.9. The van der Waals surface area contributed by atoms with Crippen molar-refractivity contribution >= 4 is 16.0 Å². The van der Waals surface area contributed by atoms with Gasteiger partial charge in [0.2, 0.25) is 0 Å². The summed E-state index contributed by atoms with van der Waals surface area (Å²) in [5.74, 6) is -1.47. The molecule has 0 aromatic heterocycles. The first-order valence-corrected chi connectivity index (χ1v) is 12.6. The Kier molecular flexibility index (Phi) is 5.55. The molecule has 1 saturated heterocycles. The van der Waals surface area contributed by atoms with Gasteiger partial charge in [-0.05, 0) is 50.5 Å². The molecule has 1 saturated carbocycles. The van der Waals surface area contributed by atoms with E-state index in [4.69, 9.17) is 13.7 Å². The zero-order valence-corrected chi connectivity index (χ0v) is 19.7. The Bertz CT molecular complexity index is 1240. The number of ether oxygens (including phenoxy) is 2. The molecule has 0 radical (unpaired) electrons. The Balaban J connectivity index is 1.39. The summed E-state index contributed by atoms with van der Waals surface area (Å²) in [7, 11) is -4.03. The van der Waals surface area contributed by atoms with Crippen molar-refractivity contribution in [1.29, 1.82) is 0 Å². The van der Waals surface area contributed by atoms with E-state index in [0.29, 0.717) is 12.8 Å². The van der Waals surface area contributed by atoms with Gasteiger partial charge in [-0.25, -0.2) is 8.78 Å². The van der Waals surface area contributed by atoms with E-state index in [2.05, 4.69) is 0 Å². The first kappa shape index (κ1) is 23.0. The smallest absolute Gasteiger partial charge is 0.297 e. The molecule has 1 aliphatic carbocycles. The van der Waals surface area contributed by atoms with Crippen molar-refractivity contribution < 1.29 is 35.6 Å². The van der Waals surface area contributed by atoms with Gasteiger partial charge in [-0.1, -0.05) is 17.7 Å². The number of nitrogens with zero attached hydrogens (tertiary/aromatic N) is 1. The monoisotopic (exact) mass is 493 g/mol. The maximum absolute atomic E-state index is 15.0. The number of amides is 1. The average Bonchev–Trinajstić information content (AvgIpc) is 3.41. The topological polar surface area (TPSA) is 82.1 Å². The molecular weight excluding hydrogens is 468 g/mol. The van der Waals surface area contributed by atoms with Crippen molar-refractivity contribution in [1.82, 2.24) is 4.90 Å². The Morgan fingerprint density at radius 3 is 2.59 bits per heavy atom. The molecule has 34 heavy (non-hydrogen) atoms. The van der Waals surface area contributed by atoms with Crippen LogP contribution in [0.4, 0.5) is 8.78 Å². The normalized spacial score (nSPS) is 23.1. The Morgan fingerprint density at radius 1 is 1.21 bits per heavy atom. The quantitative estimate of drug-likeness (QED) is 0.571. The minimum absolute atomic E-state index is 0.0145. The van der Waals surface area contributed by atoms with Crippen LogP contribution in [0.1, 0.15) is 40.7 Å². The standard InChI is InChI=1S/C24H25F2NO6S/c1-14-3-5-18(6-4-14)34(29,30)33-17-10-16-12-31-19-9-15(2)21(25)22(32-13-24(26)7-8-24)20(19)23(28)27(16)11-17/h3-6,9,16-17H,7-8,10-13H2,1-2H3/t16-,17-/m1/s1. The van der Waals surface area contributed by atoms with Gasteiger partial charge in [-0.2, -0.15) is 8.42 Å². The molecule has 10 heteroatoms. The molecule has 2 aromatic rings. The molecule has 3 aliphatic rings. The van der Waals surface area contributed by atoms with E-state index >= 15 is 0 Å². The van der Waals surface area contributed by atoms with Gasteiger partial charge in [-0.15, -0.1) is 0 Å². The largest absolute Gasteiger partial charge is 0.490 e. The van der Waals surface area contributed by atoms with Gasteiger partial charge in [0, 0.05) is 13.0 Å². The minimum Gasteiger partial charge on any atom is -0.490 e. The summed E-state index contributed by atoms with van der Waals surface area (Å²) in [6, 6.07) is 7.24. The zero-order valence-electron chi connectivity index (χ0n) is 18.8. The lowest BCUT2D eigenvalue weighted by molar-refractivity contribution is 0.0708. The second-order valence-corrected chi connectivity index (χ2v) is 10.9. The zero-order chi connectivity index (χ0) is 24.3.